The first-order valence-corrected chi connectivity index (χ1v) is 7.33. The van der Waals surface area contributed by atoms with Gasteiger partial charge in [0.1, 0.15) is 18.5 Å². The van der Waals surface area contributed by atoms with Crippen LogP contribution in [0, 0.1) is 11.3 Å². The number of aliphatic hydroxyl groups excluding tert-OH is 1. The summed E-state index contributed by atoms with van der Waals surface area (Å²) in [6.07, 6.45) is 1.68. The topological polar surface area (TPSA) is 74.5 Å². The molecule has 0 spiro atoms. The first-order chi connectivity index (χ1) is 10.2. The van der Waals surface area contributed by atoms with Gasteiger partial charge in [-0.15, -0.1) is 0 Å². The first-order valence-electron chi connectivity index (χ1n) is 7.33. The number of hydrogen-bond acceptors (Lipinski definition) is 5. The number of nitrogens with zero attached hydrogens (tertiary/aromatic N) is 1. The van der Waals surface area contributed by atoms with Crippen LogP contribution in [-0.4, -0.2) is 43.1 Å². The highest BCUT2D eigenvalue weighted by molar-refractivity contribution is 5.34. The molecule has 0 radical (unpaired) electrons. The molecule has 1 aliphatic rings. The Morgan fingerprint density at radius 1 is 1.48 bits per heavy atom. The Labute approximate surface area is 125 Å². The van der Waals surface area contributed by atoms with Crippen molar-refractivity contribution < 1.29 is 14.6 Å². The van der Waals surface area contributed by atoms with Crippen LogP contribution in [0.5, 0.6) is 5.75 Å². The van der Waals surface area contributed by atoms with Crippen molar-refractivity contribution in [2.45, 2.75) is 38.0 Å². The summed E-state index contributed by atoms with van der Waals surface area (Å²) in [5.41, 5.74) is 0.596. The zero-order valence-corrected chi connectivity index (χ0v) is 12.3. The van der Waals surface area contributed by atoms with E-state index in [0.29, 0.717) is 23.9 Å². The van der Waals surface area contributed by atoms with Crippen LogP contribution in [0.2, 0.25) is 0 Å². The first kappa shape index (κ1) is 15.8. The Kier molecular flexibility index (Phi) is 6.00. The van der Waals surface area contributed by atoms with Gasteiger partial charge in [0.25, 0.3) is 0 Å². The van der Waals surface area contributed by atoms with Gasteiger partial charge >= 0.3 is 0 Å². The zero-order chi connectivity index (χ0) is 15.1. The number of nitriles is 1. The van der Waals surface area contributed by atoms with Crippen molar-refractivity contribution in [3.05, 3.63) is 29.8 Å². The van der Waals surface area contributed by atoms with Gasteiger partial charge in [0.15, 0.2) is 0 Å². The third kappa shape index (κ3) is 5.35. The van der Waals surface area contributed by atoms with E-state index in [4.69, 9.17) is 14.7 Å². The van der Waals surface area contributed by atoms with E-state index >= 15 is 0 Å². The van der Waals surface area contributed by atoms with Crippen LogP contribution in [0.4, 0.5) is 0 Å². The van der Waals surface area contributed by atoms with Crippen LogP contribution in [0.3, 0.4) is 0 Å². The molecule has 1 aliphatic heterocycles. The number of hydrogen-bond donors (Lipinski definition) is 2. The van der Waals surface area contributed by atoms with Crippen LogP contribution in [0.15, 0.2) is 24.3 Å². The molecule has 3 unspecified atom stereocenters. The Balaban J connectivity index is 1.67. The quantitative estimate of drug-likeness (QED) is 0.829. The normalized spacial score (nSPS) is 23.3. The standard InChI is InChI=1S/C16H22N2O3/c1-12-8-14(6-7-20-12)18-10-15(19)11-21-16-4-2-13(9-17)3-5-16/h2-5,12,14-15,18-19H,6-8,10-11H2,1H3. The van der Waals surface area contributed by atoms with Crippen LogP contribution in [0.25, 0.3) is 0 Å². The number of benzene rings is 1. The SMILES string of the molecule is CC1CC(NCC(O)COc2ccc(C#N)cc2)CCO1. The number of ether oxygens (including phenoxy) is 2. The minimum Gasteiger partial charge on any atom is -0.491 e. The van der Waals surface area contributed by atoms with Gasteiger partial charge in [-0.05, 0) is 44.0 Å². The Morgan fingerprint density at radius 3 is 2.90 bits per heavy atom. The maximum Gasteiger partial charge on any atom is 0.119 e. The second-order valence-corrected chi connectivity index (χ2v) is 5.41. The average molecular weight is 290 g/mol. The van der Waals surface area contributed by atoms with Gasteiger partial charge in [-0.2, -0.15) is 5.26 Å². The molecule has 114 valence electrons. The minimum atomic E-state index is -0.557. The second-order valence-electron chi connectivity index (χ2n) is 5.41. The molecule has 0 aromatic heterocycles. The largest absolute Gasteiger partial charge is 0.491 e. The lowest BCUT2D eigenvalue weighted by atomic mass is 10.0. The Morgan fingerprint density at radius 2 is 2.24 bits per heavy atom. The van der Waals surface area contributed by atoms with E-state index in [-0.39, 0.29) is 12.7 Å². The van der Waals surface area contributed by atoms with Crippen molar-refractivity contribution >= 4 is 0 Å². The van der Waals surface area contributed by atoms with Gasteiger partial charge in [-0.25, -0.2) is 0 Å². The van der Waals surface area contributed by atoms with Crippen molar-refractivity contribution in [3.8, 4) is 11.8 Å². The molecule has 1 saturated heterocycles. The molecule has 3 atom stereocenters. The molecule has 2 rings (SSSR count). The Bertz CT molecular complexity index is 469. The highest BCUT2D eigenvalue weighted by Gasteiger charge is 2.19. The van der Waals surface area contributed by atoms with E-state index in [1.165, 1.54) is 0 Å². The van der Waals surface area contributed by atoms with E-state index in [2.05, 4.69) is 18.3 Å². The summed E-state index contributed by atoms with van der Waals surface area (Å²) in [5, 5.41) is 22.0. The van der Waals surface area contributed by atoms with Crippen LogP contribution in [-0.2, 0) is 4.74 Å². The number of aliphatic hydroxyl groups is 1. The lowest BCUT2D eigenvalue weighted by molar-refractivity contribution is 0.00966. The molecule has 1 fully saturated rings. The fraction of sp³-hybridized carbons (Fsp3) is 0.562. The second kappa shape index (κ2) is 7.99. The highest BCUT2D eigenvalue weighted by atomic mass is 16.5. The summed E-state index contributed by atoms with van der Waals surface area (Å²) >= 11 is 0. The summed E-state index contributed by atoms with van der Waals surface area (Å²) in [6, 6.07) is 9.32. The van der Waals surface area contributed by atoms with Crippen LogP contribution < -0.4 is 10.1 Å². The molecule has 0 bridgehead atoms. The van der Waals surface area contributed by atoms with Gasteiger partial charge in [-0.3, -0.25) is 0 Å². The van der Waals surface area contributed by atoms with E-state index in [1.54, 1.807) is 24.3 Å². The fourth-order valence-electron chi connectivity index (χ4n) is 2.36. The molecule has 5 nitrogen and oxygen atoms in total. The molecule has 21 heavy (non-hydrogen) atoms. The minimum absolute atomic E-state index is 0.234. The zero-order valence-electron chi connectivity index (χ0n) is 12.3. The summed E-state index contributed by atoms with van der Waals surface area (Å²) in [5.74, 6) is 0.660. The predicted octanol–water partition coefficient (Wildman–Crippen LogP) is 1.46. The van der Waals surface area contributed by atoms with E-state index in [0.717, 1.165) is 19.4 Å². The monoisotopic (exact) mass is 290 g/mol. The van der Waals surface area contributed by atoms with Crippen molar-refractivity contribution in [1.82, 2.24) is 5.32 Å². The van der Waals surface area contributed by atoms with E-state index < -0.39 is 6.10 Å². The number of rotatable bonds is 6. The predicted molar refractivity (Wildman–Crippen MR) is 79.1 cm³/mol. The molecule has 1 aromatic carbocycles. The van der Waals surface area contributed by atoms with Gasteiger partial charge in [0.2, 0.25) is 0 Å². The highest BCUT2D eigenvalue weighted by Crippen LogP contribution is 2.14. The fourth-order valence-corrected chi connectivity index (χ4v) is 2.36. The summed E-state index contributed by atoms with van der Waals surface area (Å²) in [4.78, 5) is 0. The molecular formula is C16H22N2O3. The van der Waals surface area contributed by atoms with Crippen molar-refractivity contribution in [2.75, 3.05) is 19.8 Å². The molecule has 0 aliphatic carbocycles. The smallest absolute Gasteiger partial charge is 0.119 e. The van der Waals surface area contributed by atoms with Crippen molar-refractivity contribution in [3.63, 3.8) is 0 Å². The Hall–Kier alpha value is -1.61. The van der Waals surface area contributed by atoms with Gasteiger partial charge in [0.05, 0.1) is 17.7 Å². The maximum absolute atomic E-state index is 9.94. The molecular weight excluding hydrogens is 268 g/mol. The molecule has 5 heteroatoms. The van der Waals surface area contributed by atoms with Gasteiger partial charge in [0, 0.05) is 19.2 Å². The lowest BCUT2D eigenvalue weighted by Crippen LogP contribution is -2.42. The van der Waals surface area contributed by atoms with Crippen molar-refractivity contribution in [1.29, 1.82) is 5.26 Å². The van der Waals surface area contributed by atoms with Gasteiger partial charge < -0.3 is 19.9 Å². The third-order valence-corrected chi connectivity index (χ3v) is 3.55. The van der Waals surface area contributed by atoms with E-state index in [9.17, 15) is 5.11 Å². The van der Waals surface area contributed by atoms with E-state index in [1.807, 2.05) is 0 Å². The van der Waals surface area contributed by atoms with Crippen LogP contribution >= 0.6 is 0 Å². The van der Waals surface area contributed by atoms with Gasteiger partial charge in [-0.1, -0.05) is 0 Å². The summed E-state index contributed by atoms with van der Waals surface area (Å²) in [6.45, 7) is 3.58. The summed E-state index contributed by atoms with van der Waals surface area (Å²) in [7, 11) is 0. The lowest BCUT2D eigenvalue weighted by Gasteiger charge is -2.28. The maximum atomic E-state index is 9.94. The molecule has 0 amide bonds. The number of nitrogens with one attached hydrogen (secondary N) is 1. The molecule has 2 N–H and O–H groups in total. The summed E-state index contributed by atoms with van der Waals surface area (Å²) < 4.78 is 11.0. The average Bonchev–Trinajstić information content (AvgIpc) is 2.51. The molecule has 1 aromatic rings. The van der Waals surface area contributed by atoms with Crippen LogP contribution in [0.1, 0.15) is 25.3 Å². The molecule has 0 saturated carbocycles. The molecule has 1 heterocycles. The third-order valence-electron chi connectivity index (χ3n) is 3.55. The van der Waals surface area contributed by atoms with Crippen molar-refractivity contribution in [2.24, 2.45) is 0 Å².